The van der Waals surface area contributed by atoms with Crippen molar-refractivity contribution in [2.75, 3.05) is 7.11 Å². The first kappa shape index (κ1) is 28.2. The van der Waals surface area contributed by atoms with Crippen molar-refractivity contribution in [1.29, 1.82) is 0 Å². The van der Waals surface area contributed by atoms with E-state index in [-0.39, 0.29) is 29.5 Å². The minimum Gasteiger partial charge on any atom is -0.493 e. The smallest absolute Gasteiger partial charge is 0.309 e. The summed E-state index contributed by atoms with van der Waals surface area (Å²) in [6.07, 6.45) is 0.596. The minimum absolute atomic E-state index is 0.0815. The fraction of sp³-hybridized carbons (Fsp3) is 0.286. The van der Waals surface area contributed by atoms with E-state index in [4.69, 9.17) is 37.4 Å². The van der Waals surface area contributed by atoms with Crippen LogP contribution in [0.1, 0.15) is 54.7 Å². The van der Waals surface area contributed by atoms with Crippen molar-refractivity contribution in [3.05, 3.63) is 87.7 Å². The van der Waals surface area contributed by atoms with E-state index >= 15 is 0 Å². The lowest BCUT2D eigenvalue weighted by Crippen LogP contribution is -2.28. The Morgan fingerprint density at radius 3 is 1.92 bits per heavy atom. The van der Waals surface area contributed by atoms with Crippen LogP contribution in [0.5, 0.6) is 11.5 Å². The third-order valence-corrected chi connectivity index (χ3v) is 6.23. The average molecular weight is 544 g/mol. The van der Waals surface area contributed by atoms with Crippen LogP contribution >= 0.6 is 23.2 Å². The summed E-state index contributed by atoms with van der Waals surface area (Å²) in [7, 11) is 1.38. The Balaban J connectivity index is 1.78. The highest BCUT2D eigenvalue weighted by Crippen LogP contribution is 2.33. The summed E-state index contributed by atoms with van der Waals surface area (Å²) in [6.45, 7) is 4.60. The summed E-state index contributed by atoms with van der Waals surface area (Å²) in [5.41, 5.74) is 1.71. The Morgan fingerprint density at radius 2 is 1.43 bits per heavy atom. The topological polar surface area (TPSA) is 91.8 Å². The molecule has 0 unspecified atom stereocenters. The number of halogens is 2. The first-order chi connectivity index (χ1) is 17.6. The summed E-state index contributed by atoms with van der Waals surface area (Å²) in [5, 5.41) is 1.18. The number of carbonyl (C=O) groups is 3. The number of hydrogen-bond donors (Lipinski definition) is 0. The maximum Gasteiger partial charge on any atom is 0.309 e. The zero-order chi connectivity index (χ0) is 27.1. The van der Waals surface area contributed by atoms with E-state index in [0.29, 0.717) is 10.0 Å². The number of ether oxygens (including phenoxy) is 3. The normalized spacial score (nSPS) is 12.5. The van der Waals surface area contributed by atoms with Crippen molar-refractivity contribution in [2.24, 2.45) is 5.92 Å². The van der Waals surface area contributed by atoms with Crippen molar-refractivity contribution in [3.63, 3.8) is 0 Å². The van der Waals surface area contributed by atoms with Gasteiger partial charge in [-0.05, 0) is 42.3 Å². The van der Waals surface area contributed by atoms with Gasteiger partial charge in [0.2, 0.25) is 5.75 Å². The lowest BCUT2D eigenvalue weighted by Gasteiger charge is -2.26. The van der Waals surface area contributed by atoms with E-state index in [0.717, 1.165) is 11.1 Å². The first-order valence-corrected chi connectivity index (χ1v) is 12.3. The van der Waals surface area contributed by atoms with Gasteiger partial charge in [-0.15, -0.1) is 0 Å². The van der Waals surface area contributed by atoms with Gasteiger partial charge in [0, 0.05) is 41.6 Å². The lowest BCUT2D eigenvalue weighted by molar-refractivity contribution is -0.153. The molecule has 0 spiro atoms. The molecule has 0 aliphatic rings. The number of rotatable bonds is 10. The third-order valence-electron chi connectivity index (χ3n) is 5.72. The average Bonchev–Trinajstić information content (AvgIpc) is 2.86. The molecule has 2 aromatic carbocycles. The molecule has 2 atom stereocenters. The number of ketones is 1. The van der Waals surface area contributed by atoms with Crippen LogP contribution in [-0.4, -0.2) is 35.9 Å². The van der Waals surface area contributed by atoms with Crippen molar-refractivity contribution in [1.82, 2.24) is 4.98 Å². The fourth-order valence-corrected chi connectivity index (χ4v) is 4.18. The largest absolute Gasteiger partial charge is 0.493 e. The molecule has 3 rings (SSSR count). The number of hydrogen-bond acceptors (Lipinski definition) is 7. The zero-order valence-electron chi connectivity index (χ0n) is 20.9. The molecule has 0 amide bonds. The van der Waals surface area contributed by atoms with Gasteiger partial charge in [-0.2, -0.15) is 0 Å². The van der Waals surface area contributed by atoms with E-state index < -0.39 is 29.7 Å². The number of benzene rings is 2. The number of methoxy groups -OCH3 is 1. The lowest BCUT2D eigenvalue weighted by atomic mass is 9.87. The number of carbonyl (C=O) groups excluding carboxylic acids is 3. The molecule has 194 valence electrons. The van der Waals surface area contributed by atoms with Gasteiger partial charge in [0.1, 0.15) is 6.10 Å². The molecule has 1 aromatic heterocycles. The van der Waals surface area contributed by atoms with E-state index in [1.807, 2.05) is 24.3 Å². The van der Waals surface area contributed by atoms with Crippen LogP contribution in [0.2, 0.25) is 10.0 Å². The molecule has 37 heavy (non-hydrogen) atoms. The van der Waals surface area contributed by atoms with E-state index in [2.05, 4.69) is 4.98 Å². The second-order valence-electron chi connectivity index (χ2n) is 8.54. The van der Waals surface area contributed by atoms with Crippen molar-refractivity contribution in [2.45, 2.75) is 39.2 Å². The van der Waals surface area contributed by atoms with Gasteiger partial charge in [0.25, 0.3) is 0 Å². The molecular formula is C28H27Cl2NO6. The summed E-state index contributed by atoms with van der Waals surface area (Å²) in [6, 6.07) is 16.1. The van der Waals surface area contributed by atoms with Gasteiger partial charge in [0.05, 0.1) is 13.0 Å². The van der Waals surface area contributed by atoms with Crippen LogP contribution in [-0.2, 0) is 14.3 Å². The highest BCUT2D eigenvalue weighted by molar-refractivity contribution is 6.30. The van der Waals surface area contributed by atoms with Gasteiger partial charge in [-0.3, -0.25) is 14.4 Å². The predicted octanol–water partition coefficient (Wildman–Crippen LogP) is 6.30. The minimum atomic E-state index is -0.788. The third kappa shape index (κ3) is 7.31. The van der Waals surface area contributed by atoms with Gasteiger partial charge < -0.3 is 14.2 Å². The van der Waals surface area contributed by atoms with E-state index in [1.54, 1.807) is 38.1 Å². The van der Waals surface area contributed by atoms with Gasteiger partial charge in [0.15, 0.2) is 17.2 Å². The number of nitrogens with zero attached hydrogens (tertiary/aromatic N) is 1. The summed E-state index contributed by atoms with van der Waals surface area (Å²) < 4.78 is 16.2. The maximum atomic E-state index is 13.0. The Bertz CT molecular complexity index is 1220. The number of pyridine rings is 1. The van der Waals surface area contributed by atoms with Crippen LogP contribution in [0.4, 0.5) is 0 Å². The summed E-state index contributed by atoms with van der Waals surface area (Å²) in [4.78, 5) is 41.6. The Morgan fingerprint density at radius 1 is 0.892 bits per heavy atom. The zero-order valence-corrected chi connectivity index (χ0v) is 22.4. The maximum absolute atomic E-state index is 13.0. The van der Waals surface area contributed by atoms with Crippen LogP contribution in [0.25, 0.3) is 0 Å². The molecule has 0 radical (unpaired) electrons. The molecule has 0 aliphatic carbocycles. The molecule has 0 saturated heterocycles. The van der Waals surface area contributed by atoms with E-state index in [1.165, 1.54) is 26.3 Å². The highest BCUT2D eigenvalue weighted by Gasteiger charge is 2.29. The van der Waals surface area contributed by atoms with Crippen LogP contribution in [0, 0.1) is 5.92 Å². The van der Waals surface area contributed by atoms with Gasteiger partial charge in [-0.1, -0.05) is 54.4 Å². The van der Waals surface area contributed by atoms with Crippen LogP contribution in [0.3, 0.4) is 0 Å². The molecule has 3 aromatic rings. The second kappa shape index (κ2) is 12.7. The molecule has 0 aliphatic heterocycles. The summed E-state index contributed by atoms with van der Waals surface area (Å²) in [5.74, 6) is -2.64. The van der Waals surface area contributed by atoms with E-state index in [9.17, 15) is 14.4 Å². The quantitative estimate of drug-likeness (QED) is 0.219. The second-order valence-corrected chi connectivity index (χ2v) is 9.41. The van der Waals surface area contributed by atoms with Crippen molar-refractivity contribution < 1.29 is 28.6 Å². The summed E-state index contributed by atoms with van der Waals surface area (Å²) >= 11 is 12.1. The van der Waals surface area contributed by atoms with Gasteiger partial charge >= 0.3 is 11.9 Å². The standard InChI is InChI=1S/C28H27Cl2NO6/c1-16(15-23(33)26-27(37-18(3)32)24(35-4)13-14-31-26)28(34)36-17(2)25(19-5-9-21(29)10-6-19)20-7-11-22(30)12-8-20/h5-14,16-17,25H,15H2,1-4H3/t16-,17+/m1/s1. The van der Waals surface area contributed by atoms with Crippen LogP contribution in [0.15, 0.2) is 60.8 Å². The molecule has 9 heteroatoms. The molecule has 0 saturated carbocycles. The Hall–Kier alpha value is -3.42. The Kier molecular flexibility index (Phi) is 9.66. The molecule has 0 bridgehead atoms. The predicted molar refractivity (Wildman–Crippen MR) is 141 cm³/mol. The van der Waals surface area contributed by atoms with Crippen LogP contribution < -0.4 is 9.47 Å². The first-order valence-electron chi connectivity index (χ1n) is 11.6. The molecule has 1 heterocycles. The molecular weight excluding hydrogens is 517 g/mol. The molecule has 0 fully saturated rings. The number of esters is 2. The Labute approximate surface area is 225 Å². The monoisotopic (exact) mass is 543 g/mol. The SMILES string of the molecule is COc1ccnc(C(=O)C[C@@H](C)C(=O)O[C@@H](C)C(c2ccc(Cl)cc2)c2ccc(Cl)cc2)c1OC(C)=O. The fourth-order valence-electron chi connectivity index (χ4n) is 3.93. The number of aromatic nitrogens is 1. The van der Waals surface area contributed by atoms with Crippen molar-refractivity contribution in [3.8, 4) is 11.5 Å². The van der Waals surface area contributed by atoms with Gasteiger partial charge in [-0.25, -0.2) is 4.98 Å². The van der Waals surface area contributed by atoms with Crippen molar-refractivity contribution >= 4 is 40.9 Å². The molecule has 0 N–H and O–H groups in total. The highest BCUT2D eigenvalue weighted by atomic mass is 35.5. The molecule has 7 nitrogen and oxygen atoms in total. The number of Topliss-reactive ketones (excluding diaryl/α,β-unsaturated/α-hetero) is 1.